The standard InChI is InChI=1S/C21H25F3N2O2/c22-21(23,24)18-6-8-20(9-7-18)28-16-19(27)15-26-12-10-25(11-13-26)14-17-4-2-1-3-5-17/h1-9,19,27H,10-16H2/t19-/m0/s1. The van der Waals surface area contributed by atoms with E-state index in [0.717, 1.165) is 44.9 Å². The van der Waals surface area contributed by atoms with Gasteiger partial charge in [0.15, 0.2) is 0 Å². The SMILES string of the molecule is O[C@H](COc1ccc(C(F)(F)F)cc1)CN1CCN(Cc2ccccc2)CC1. The molecule has 3 rings (SSSR count). The van der Waals surface area contributed by atoms with Crippen LogP contribution in [0.2, 0.25) is 0 Å². The van der Waals surface area contributed by atoms with E-state index in [1.807, 2.05) is 18.2 Å². The maximum absolute atomic E-state index is 12.6. The van der Waals surface area contributed by atoms with Crippen molar-refractivity contribution in [1.82, 2.24) is 9.80 Å². The summed E-state index contributed by atoms with van der Waals surface area (Å²) in [6, 6.07) is 14.8. The zero-order valence-electron chi connectivity index (χ0n) is 15.6. The van der Waals surface area contributed by atoms with Gasteiger partial charge in [-0.05, 0) is 29.8 Å². The number of aliphatic hydroxyl groups excluding tert-OH is 1. The van der Waals surface area contributed by atoms with E-state index in [0.29, 0.717) is 12.3 Å². The molecule has 1 fully saturated rings. The van der Waals surface area contributed by atoms with Gasteiger partial charge in [-0.3, -0.25) is 9.80 Å². The summed E-state index contributed by atoms with van der Waals surface area (Å²) in [5, 5.41) is 10.2. The maximum Gasteiger partial charge on any atom is 0.416 e. The molecule has 1 aliphatic heterocycles. The number of benzene rings is 2. The van der Waals surface area contributed by atoms with Crippen LogP contribution in [0.25, 0.3) is 0 Å². The van der Waals surface area contributed by atoms with Crippen LogP contribution in [0, 0.1) is 0 Å². The molecule has 4 nitrogen and oxygen atoms in total. The first-order valence-electron chi connectivity index (χ1n) is 9.37. The second kappa shape index (κ2) is 9.41. The highest BCUT2D eigenvalue weighted by atomic mass is 19.4. The van der Waals surface area contributed by atoms with Crippen molar-refractivity contribution in [2.75, 3.05) is 39.3 Å². The molecule has 1 heterocycles. The Hall–Kier alpha value is -2.09. The fourth-order valence-corrected chi connectivity index (χ4v) is 3.25. The molecular formula is C21H25F3N2O2. The predicted molar refractivity (Wildman–Crippen MR) is 101 cm³/mol. The molecule has 0 saturated carbocycles. The lowest BCUT2D eigenvalue weighted by molar-refractivity contribution is -0.137. The summed E-state index contributed by atoms with van der Waals surface area (Å²) in [7, 11) is 0. The third kappa shape index (κ3) is 6.22. The van der Waals surface area contributed by atoms with Gasteiger partial charge in [0.05, 0.1) is 5.56 Å². The van der Waals surface area contributed by atoms with Crippen LogP contribution in [0.15, 0.2) is 54.6 Å². The van der Waals surface area contributed by atoms with E-state index >= 15 is 0 Å². The fourth-order valence-electron chi connectivity index (χ4n) is 3.25. The van der Waals surface area contributed by atoms with E-state index in [4.69, 9.17) is 4.74 Å². The first-order chi connectivity index (χ1) is 13.4. The topological polar surface area (TPSA) is 35.9 Å². The van der Waals surface area contributed by atoms with E-state index in [2.05, 4.69) is 21.9 Å². The van der Waals surface area contributed by atoms with E-state index in [1.165, 1.54) is 17.7 Å². The number of aliphatic hydroxyl groups is 1. The predicted octanol–water partition coefficient (Wildman–Crippen LogP) is 3.26. The summed E-state index contributed by atoms with van der Waals surface area (Å²) in [5.41, 5.74) is 0.578. The minimum absolute atomic E-state index is 0.0512. The van der Waals surface area contributed by atoms with Crippen molar-refractivity contribution in [3.05, 3.63) is 65.7 Å². The van der Waals surface area contributed by atoms with Crippen LogP contribution < -0.4 is 4.74 Å². The zero-order valence-corrected chi connectivity index (χ0v) is 15.6. The van der Waals surface area contributed by atoms with Crippen LogP contribution >= 0.6 is 0 Å². The molecule has 1 N–H and O–H groups in total. The molecule has 1 aliphatic rings. The van der Waals surface area contributed by atoms with Gasteiger partial charge >= 0.3 is 6.18 Å². The number of hydrogen-bond acceptors (Lipinski definition) is 4. The monoisotopic (exact) mass is 394 g/mol. The Kier molecular flexibility index (Phi) is 6.93. The number of hydrogen-bond donors (Lipinski definition) is 1. The van der Waals surface area contributed by atoms with E-state index in [-0.39, 0.29) is 6.61 Å². The Morgan fingerprint density at radius 3 is 2.11 bits per heavy atom. The molecule has 2 aromatic rings. The summed E-state index contributed by atoms with van der Waals surface area (Å²) < 4.78 is 43.1. The zero-order chi connectivity index (χ0) is 20.0. The van der Waals surface area contributed by atoms with Gasteiger partial charge in [0.25, 0.3) is 0 Å². The molecule has 0 bridgehead atoms. The summed E-state index contributed by atoms with van der Waals surface area (Å²) >= 11 is 0. The molecule has 28 heavy (non-hydrogen) atoms. The molecule has 0 aromatic heterocycles. The first kappa shape index (κ1) is 20.6. The number of ether oxygens (including phenoxy) is 1. The number of alkyl halides is 3. The Morgan fingerprint density at radius 1 is 0.893 bits per heavy atom. The fraction of sp³-hybridized carbons (Fsp3) is 0.429. The lowest BCUT2D eigenvalue weighted by Crippen LogP contribution is -2.48. The van der Waals surface area contributed by atoms with Crippen molar-refractivity contribution >= 4 is 0 Å². The largest absolute Gasteiger partial charge is 0.491 e. The highest BCUT2D eigenvalue weighted by Gasteiger charge is 2.30. The van der Waals surface area contributed by atoms with Crippen molar-refractivity contribution in [3.8, 4) is 5.75 Å². The highest BCUT2D eigenvalue weighted by molar-refractivity contribution is 5.28. The molecule has 1 saturated heterocycles. The van der Waals surface area contributed by atoms with Crippen molar-refractivity contribution in [2.45, 2.75) is 18.8 Å². The summed E-state index contributed by atoms with van der Waals surface area (Å²) in [5.74, 6) is 0.319. The van der Waals surface area contributed by atoms with Crippen LogP contribution in [0.1, 0.15) is 11.1 Å². The highest BCUT2D eigenvalue weighted by Crippen LogP contribution is 2.30. The normalized spacial score (nSPS) is 17.4. The molecule has 0 radical (unpaired) electrons. The second-order valence-electron chi connectivity index (χ2n) is 7.05. The number of piperazine rings is 1. The molecular weight excluding hydrogens is 369 g/mol. The van der Waals surface area contributed by atoms with E-state index < -0.39 is 17.8 Å². The second-order valence-corrected chi connectivity index (χ2v) is 7.05. The van der Waals surface area contributed by atoms with Crippen LogP contribution in [-0.2, 0) is 12.7 Å². The molecule has 0 spiro atoms. The van der Waals surface area contributed by atoms with Gasteiger partial charge in [-0.25, -0.2) is 0 Å². The average Bonchev–Trinajstić information content (AvgIpc) is 2.68. The quantitative estimate of drug-likeness (QED) is 0.782. The number of halogens is 3. The minimum atomic E-state index is -4.36. The van der Waals surface area contributed by atoms with Crippen LogP contribution in [0.3, 0.4) is 0 Å². The third-order valence-corrected chi connectivity index (χ3v) is 4.81. The summed E-state index contributed by atoms with van der Waals surface area (Å²) in [6.07, 6.45) is -5.05. The van der Waals surface area contributed by atoms with E-state index in [1.54, 1.807) is 0 Å². The third-order valence-electron chi connectivity index (χ3n) is 4.81. The van der Waals surface area contributed by atoms with Gasteiger partial charge in [0, 0.05) is 39.3 Å². The number of nitrogens with zero attached hydrogens (tertiary/aromatic N) is 2. The summed E-state index contributed by atoms with van der Waals surface area (Å²) in [4.78, 5) is 4.57. The molecule has 0 aliphatic carbocycles. The van der Waals surface area contributed by atoms with Crippen LogP contribution in [0.4, 0.5) is 13.2 Å². The number of rotatable bonds is 7. The molecule has 0 amide bonds. The molecule has 152 valence electrons. The van der Waals surface area contributed by atoms with Gasteiger partial charge < -0.3 is 9.84 Å². The average molecular weight is 394 g/mol. The Bertz CT molecular complexity index is 715. The van der Waals surface area contributed by atoms with E-state index in [9.17, 15) is 18.3 Å². The molecule has 1 atom stereocenters. The Balaban J connectivity index is 1.37. The Labute approximate surface area is 163 Å². The van der Waals surface area contributed by atoms with Gasteiger partial charge in [-0.15, -0.1) is 0 Å². The first-order valence-corrected chi connectivity index (χ1v) is 9.37. The van der Waals surface area contributed by atoms with Crippen LogP contribution in [0.5, 0.6) is 5.75 Å². The minimum Gasteiger partial charge on any atom is -0.491 e. The molecule has 0 unspecified atom stereocenters. The lowest BCUT2D eigenvalue weighted by Gasteiger charge is -2.35. The van der Waals surface area contributed by atoms with Crippen molar-refractivity contribution in [3.63, 3.8) is 0 Å². The Morgan fingerprint density at radius 2 is 1.50 bits per heavy atom. The number of β-amino-alcohol motifs (C(OH)–C–C–N with tert-alkyl or cyclic N) is 1. The van der Waals surface area contributed by atoms with Gasteiger partial charge in [-0.1, -0.05) is 30.3 Å². The van der Waals surface area contributed by atoms with Crippen LogP contribution in [-0.4, -0.2) is 60.3 Å². The van der Waals surface area contributed by atoms with Crippen molar-refractivity contribution in [2.24, 2.45) is 0 Å². The van der Waals surface area contributed by atoms with Gasteiger partial charge in [-0.2, -0.15) is 13.2 Å². The van der Waals surface area contributed by atoms with Gasteiger partial charge in [0.1, 0.15) is 18.5 Å². The summed E-state index contributed by atoms with van der Waals surface area (Å²) in [6.45, 7) is 5.06. The lowest BCUT2D eigenvalue weighted by atomic mass is 10.2. The molecule has 7 heteroatoms. The van der Waals surface area contributed by atoms with Crippen molar-refractivity contribution in [1.29, 1.82) is 0 Å². The maximum atomic E-state index is 12.6. The molecule has 2 aromatic carbocycles. The van der Waals surface area contributed by atoms with Gasteiger partial charge in [0.2, 0.25) is 0 Å². The smallest absolute Gasteiger partial charge is 0.416 e. The van der Waals surface area contributed by atoms with Crippen molar-refractivity contribution < 1.29 is 23.0 Å².